The van der Waals surface area contributed by atoms with Crippen LogP contribution in [0.25, 0.3) is 0 Å². The topological polar surface area (TPSA) is 56.2 Å². The lowest BCUT2D eigenvalue weighted by Crippen LogP contribution is -1.99. The average Bonchev–Trinajstić information content (AvgIpc) is 2.66. The molecule has 5 heteroatoms. The van der Waals surface area contributed by atoms with E-state index >= 15 is 0 Å². The minimum absolute atomic E-state index is 0.400. The fraction of sp³-hybridized carbons (Fsp3) is 0.286. The van der Waals surface area contributed by atoms with Crippen molar-refractivity contribution in [2.45, 2.75) is 26.7 Å². The number of halogens is 1. The van der Waals surface area contributed by atoms with Crippen molar-refractivity contribution < 1.29 is 0 Å². The van der Waals surface area contributed by atoms with Gasteiger partial charge in [-0.1, -0.05) is 35.8 Å². The average molecular weight is 321 g/mol. The molecule has 0 unspecified atom stereocenters. The largest absolute Gasteiger partial charge is 0.368 e. The minimum Gasteiger partial charge on any atom is -0.368 e. The van der Waals surface area contributed by atoms with Crippen LogP contribution in [0.15, 0.2) is 34.0 Å². The zero-order chi connectivity index (χ0) is 14.0. The normalized spacial score (nSPS) is 11.6. The van der Waals surface area contributed by atoms with E-state index in [1.165, 1.54) is 5.56 Å². The van der Waals surface area contributed by atoms with Gasteiger partial charge in [-0.05, 0) is 36.1 Å². The van der Waals surface area contributed by atoms with Crippen molar-refractivity contribution >= 4 is 28.1 Å². The molecule has 0 spiro atoms. The van der Waals surface area contributed by atoms with Gasteiger partial charge in [0.15, 0.2) is 0 Å². The molecule has 1 heterocycles. The highest BCUT2D eigenvalue weighted by atomic mass is 79.9. The van der Waals surface area contributed by atoms with Crippen LogP contribution < -0.4 is 5.73 Å². The summed E-state index contributed by atoms with van der Waals surface area (Å²) in [5.41, 5.74) is 8.95. The van der Waals surface area contributed by atoms with Gasteiger partial charge in [-0.15, -0.1) is 0 Å². The first-order valence-corrected chi connectivity index (χ1v) is 6.92. The third kappa shape index (κ3) is 3.23. The van der Waals surface area contributed by atoms with Gasteiger partial charge < -0.3 is 5.73 Å². The van der Waals surface area contributed by atoms with Gasteiger partial charge in [-0.25, -0.2) is 9.66 Å². The van der Waals surface area contributed by atoms with E-state index in [1.54, 1.807) is 10.9 Å². The molecule has 0 saturated carbocycles. The Labute approximate surface area is 121 Å². The summed E-state index contributed by atoms with van der Waals surface area (Å²) in [5.74, 6) is 0.831. The van der Waals surface area contributed by atoms with E-state index in [9.17, 15) is 0 Å². The number of hydrogen-bond acceptors (Lipinski definition) is 3. The van der Waals surface area contributed by atoms with E-state index in [0.29, 0.717) is 11.9 Å². The van der Waals surface area contributed by atoms with Crippen LogP contribution in [-0.2, 0) is 0 Å². The van der Waals surface area contributed by atoms with Crippen molar-refractivity contribution in [3.63, 3.8) is 0 Å². The fourth-order valence-electron chi connectivity index (χ4n) is 1.88. The molecule has 2 N–H and O–H groups in total. The van der Waals surface area contributed by atoms with Crippen LogP contribution in [0.5, 0.6) is 0 Å². The number of hydrogen-bond donors (Lipinski definition) is 1. The van der Waals surface area contributed by atoms with Crippen molar-refractivity contribution in [1.29, 1.82) is 0 Å². The summed E-state index contributed by atoms with van der Waals surface area (Å²) in [5, 5.41) is 4.36. The molecule has 1 aromatic carbocycles. The third-order valence-corrected chi connectivity index (χ3v) is 3.32. The Morgan fingerprint density at radius 3 is 2.74 bits per heavy atom. The maximum atomic E-state index is 5.76. The van der Waals surface area contributed by atoms with Crippen LogP contribution in [0.3, 0.4) is 0 Å². The van der Waals surface area contributed by atoms with Crippen molar-refractivity contribution in [3.05, 3.63) is 45.7 Å². The molecule has 19 heavy (non-hydrogen) atoms. The SMILES string of the molecule is Cc1cn(N=Cc2ccc(Br)cc2C(C)C)c(N)n1. The maximum Gasteiger partial charge on any atom is 0.221 e. The van der Waals surface area contributed by atoms with E-state index in [2.05, 4.69) is 45.9 Å². The molecular weight excluding hydrogens is 304 g/mol. The third-order valence-electron chi connectivity index (χ3n) is 2.83. The standard InChI is InChI=1S/C14H17BrN4/c1-9(2)13-6-12(15)5-4-11(13)7-17-19-8-10(3)18-14(19)16/h4-9H,1-3H3,(H2,16,18). The molecule has 0 amide bonds. The number of nitrogens with zero attached hydrogens (tertiary/aromatic N) is 3. The number of nitrogens with two attached hydrogens (primary N) is 1. The Kier molecular flexibility index (Phi) is 4.04. The predicted molar refractivity (Wildman–Crippen MR) is 82.6 cm³/mol. The number of aryl methyl sites for hydroxylation is 1. The summed E-state index contributed by atoms with van der Waals surface area (Å²) < 4.78 is 2.66. The molecule has 2 rings (SSSR count). The number of imidazole rings is 1. The molecule has 0 saturated heterocycles. The molecule has 0 fully saturated rings. The highest BCUT2D eigenvalue weighted by Gasteiger charge is 2.06. The van der Waals surface area contributed by atoms with E-state index in [4.69, 9.17) is 5.73 Å². The predicted octanol–water partition coefficient (Wildman–Crippen LogP) is 3.54. The van der Waals surface area contributed by atoms with E-state index in [0.717, 1.165) is 15.7 Å². The second kappa shape index (κ2) is 5.57. The highest BCUT2D eigenvalue weighted by Crippen LogP contribution is 2.22. The van der Waals surface area contributed by atoms with Crippen LogP contribution in [0.1, 0.15) is 36.6 Å². The van der Waals surface area contributed by atoms with Crippen molar-refractivity contribution in [2.75, 3.05) is 5.73 Å². The van der Waals surface area contributed by atoms with E-state index in [-0.39, 0.29) is 0 Å². The number of aromatic nitrogens is 2. The van der Waals surface area contributed by atoms with Crippen molar-refractivity contribution in [2.24, 2.45) is 5.10 Å². The Bertz CT molecular complexity index is 614. The molecule has 1 aromatic heterocycles. The lowest BCUT2D eigenvalue weighted by molar-refractivity contribution is 0.860. The summed E-state index contributed by atoms with van der Waals surface area (Å²) >= 11 is 3.50. The molecule has 4 nitrogen and oxygen atoms in total. The zero-order valence-corrected chi connectivity index (χ0v) is 12.8. The summed E-state index contributed by atoms with van der Waals surface area (Å²) in [6.45, 7) is 6.21. The van der Waals surface area contributed by atoms with Gasteiger partial charge in [0.25, 0.3) is 0 Å². The van der Waals surface area contributed by atoms with Gasteiger partial charge in [-0.3, -0.25) is 0 Å². The lowest BCUT2D eigenvalue weighted by atomic mass is 9.98. The first-order valence-electron chi connectivity index (χ1n) is 6.12. The second-order valence-electron chi connectivity index (χ2n) is 4.76. The van der Waals surface area contributed by atoms with Gasteiger partial charge in [0.2, 0.25) is 5.95 Å². The molecule has 100 valence electrons. The number of rotatable bonds is 3. The summed E-state index contributed by atoms with van der Waals surface area (Å²) in [6, 6.07) is 6.17. The molecule has 0 aliphatic rings. The highest BCUT2D eigenvalue weighted by molar-refractivity contribution is 9.10. The zero-order valence-electron chi connectivity index (χ0n) is 11.3. The second-order valence-corrected chi connectivity index (χ2v) is 5.67. The Hall–Kier alpha value is -1.62. The quantitative estimate of drug-likeness (QED) is 0.879. The minimum atomic E-state index is 0.400. The van der Waals surface area contributed by atoms with Crippen LogP contribution in [0, 0.1) is 6.92 Å². The first-order chi connectivity index (χ1) is 8.97. The molecule has 0 radical (unpaired) electrons. The number of benzene rings is 1. The summed E-state index contributed by atoms with van der Waals surface area (Å²) in [4.78, 5) is 4.11. The van der Waals surface area contributed by atoms with Gasteiger partial charge in [-0.2, -0.15) is 5.10 Å². The lowest BCUT2D eigenvalue weighted by Gasteiger charge is -2.09. The van der Waals surface area contributed by atoms with Gasteiger partial charge >= 0.3 is 0 Å². The van der Waals surface area contributed by atoms with Gasteiger partial charge in [0.05, 0.1) is 18.1 Å². The Morgan fingerprint density at radius 2 is 2.16 bits per heavy atom. The molecule has 0 atom stereocenters. The van der Waals surface area contributed by atoms with E-state index < -0.39 is 0 Å². The van der Waals surface area contributed by atoms with Crippen LogP contribution in [0.4, 0.5) is 5.95 Å². The fourth-order valence-corrected chi connectivity index (χ4v) is 2.26. The number of nitrogen functional groups attached to an aromatic ring is 1. The Morgan fingerprint density at radius 1 is 1.42 bits per heavy atom. The first kappa shape index (κ1) is 13.8. The van der Waals surface area contributed by atoms with Crippen LogP contribution in [0.2, 0.25) is 0 Å². The monoisotopic (exact) mass is 320 g/mol. The van der Waals surface area contributed by atoms with Crippen molar-refractivity contribution in [3.8, 4) is 0 Å². The summed E-state index contributed by atoms with van der Waals surface area (Å²) in [6.07, 6.45) is 3.62. The van der Waals surface area contributed by atoms with Gasteiger partial charge in [0, 0.05) is 4.47 Å². The van der Waals surface area contributed by atoms with Gasteiger partial charge in [0.1, 0.15) is 0 Å². The maximum absolute atomic E-state index is 5.76. The molecule has 0 aliphatic heterocycles. The van der Waals surface area contributed by atoms with Crippen LogP contribution in [-0.4, -0.2) is 15.9 Å². The molecule has 0 aliphatic carbocycles. The molecular formula is C14H17BrN4. The summed E-state index contributed by atoms with van der Waals surface area (Å²) in [7, 11) is 0. The number of anilines is 1. The van der Waals surface area contributed by atoms with Crippen molar-refractivity contribution in [1.82, 2.24) is 9.66 Å². The molecule has 2 aromatic rings. The molecule has 0 bridgehead atoms. The smallest absolute Gasteiger partial charge is 0.221 e. The van der Waals surface area contributed by atoms with E-state index in [1.807, 2.05) is 25.3 Å². The Balaban J connectivity index is 2.35. The van der Waals surface area contributed by atoms with Crippen LogP contribution >= 0.6 is 15.9 Å².